The van der Waals surface area contributed by atoms with E-state index in [-0.39, 0.29) is 11.6 Å². The number of methoxy groups -OCH3 is 2. The molecule has 0 spiro atoms. The number of carbonyl (C=O) groups is 1. The smallest absolute Gasteiger partial charge is 0.274 e. The maximum absolute atomic E-state index is 12.5. The van der Waals surface area contributed by atoms with Crippen LogP contribution in [0.2, 0.25) is 0 Å². The Labute approximate surface area is 163 Å². The maximum Gasteiger partial charge on any atom is 0.274 e. The average Bonchev–Trinajstić information content (AvgIpc) is 2.71. The molecule has 0 aliphatic rings. The van der Waals surface area contributed by atoms with Gasteiger partial charge in [0.15, 0.2) is 11.5 Å². The molecule has 0 aliphatic heterocycles. The Bertz CT molecular complexity index is 1000. The van der Waals surface area contributed by atoms with Crippen LogP contribution in [0.4, 0.5) is 17.3 Å². The highest BCUT2D eigenvalue weighted by molar-refractivity contribution is 6.03. The predicted octanol–water partition coefficient (Wildman–Crippen LogP) is 4.11. The van der Waals surface area contributed by atoms with Crippen molar-refractivity contribution in [2.75, 3.05) is 24.9 Å². The summed E-state index contributed by atoms with van der Waals surface area (Å²) < 4.78 is 10.5. The number of benzene rings is 2. The molecule has 28 heavy (non-hydrogen) atoms. The van der Waals surface area contributed by atoms with E-state index < -0.39 is 0 Å². The van der Waals surface area contributed by atoms with Crippen molar-refractivity contribution in [1.82, 2.24) is 9.97 Å². The lowest BCUT2D eigenvalue weighted by Crippen LogP contribution is -2.15. The molecule has 144 valence electrons. The van der Waals surface area contributed by atoms with Gasteiger partial charge in [0, 0.05) is 23.6 Å². The van der Waals surface area contributed by atoms with Crippen molar-refractivity contribution in [2.45, 2.75) is 13.8 Å². The number of nitrogens with zero attached hydrogens (tertiary/aromatic N) is 2. The number of aryl methyl sites for hydroxylation is 2. The molecule has 3 rings (SSSR count). The fourth-order valence-corrected chi connectivity index (χ4v) is 2.60. The summed E-state index contributed by atoms with van der Waals surface area (Å²) in [6, 6.07) is 12.7. The molecule has 0 radical (unpaired) electrons. The van der Waals surface area contributed by atoms with Gasteiger partial charge in [-0.2, -0.15) is 0 Å². The van der Waals surface area contributed by atoms with Crippen LogP contribution in [0.1, 0.15) is 21.6 Å². The van der Waals surface area contributed by atoms with Gasteiger partial charge in [0.2, 0.25) is 5.95 Å². The second-order valence-corrected chi connectivity index (χ2v) is 6.21. The molecule has 0 fully saturated rings. The first kappa shape index (κ1) is 19.2. The van der Waals surface area contributed by atoms with Gasteiger partial charge in [0.1, 0.15) is 5.69 Å². The monoisotopic (exact) mass is 378 g/mol. The molecule has 1 heterocycles. The molecule has 0 saturated carbocycles. The van der Waals surface area contributed by atoms with Crippen molar-refractivity contribution in [3.63, 3.8) is 0 Å². The van der Waals surface area contributed by atoms with Crippen molar-refractivity contribution in [3.8, 4) is 11.5 Å². The second-order valence-electron chi connectivity index (χ2n) is 6.21. The van der Waals surface area contributed by atoms with Gasteiger partial charge >= 0.3 is 0 Å². The molecule has 2 N–H and O–H groups in total. The zero-order chi connectivity index (χ0) is 20.1. The third-order valence-electron chi connectivity index (χ3n) is 4.29. The topological polar surface area (TPSA) is 85.4 Å². The van der Waals surface area contributed by atoms with Crippen molar-refractivity contribution in [3.05, 3.63) is 65.5 Å². The minimum atomic E-state index is -0.305. The Morgan fingerprint density at radius 1 is 0.893 bits per heavy atom. The molecule has 1 amide bonds. The van der Waals surface area contributed by atoms with Crippen molar-refractivity contribution >= 4 is 23.2 Å². The summed E-state index contributed by atoms with van der Waals surface area (Å²) in [6.07, 6.45) is 1.53. The number of anilines is 3. The van der Waals surface area contributed by atoms with E-state index >= 15 is 0 Å². The van der Waals surface area contributed by atoms with Crippen LogP contribution in [-0.2, 0) is 0 Å². The van der Waals surface area contributed by atoms with Crippen LogP contribution in [0.3, 0.4) is 0 Å². The highest BCUT2D eigenvalue weighted by Crippen LogP contribution is 2.30. The molecule has 0 bridgehead atoms. The molecule has 0 aliphatic carbocycles. The van der Waals surface area contributed by atoms with Crippen LogP contribution < -0.4 is 20.1 Å². The third kappa shape index (κ3) is 4.37. The lowest BCUT2D eigenvalue weighted by Gasteiger charge is -2.11. The van der Waals surface area contributed by atoms with Gasteiger partial charge < -0.3 is 20.1 Å². The minimum Gasteiger partial charge on any atom is -0.493 e. The molecule has 1 aromatic heterocycles. The van der Waals surface area contributed by atoms with E-state index in [4.69, 9.17) is 9.47 Å². The number of rotatable bonds is 6. The van der Waals surface area contributed by atoms with Gasteiger partial charge in [-0.1, -0.05) is 6.07 Å². The Balaban J connectivity index is 1.76. The van der Waals surface area contributed by atoms with Crippen LogP contribution in [-0.4, -0.2) is 30.1 Å². The number of amides is 1. The van der Waals surface area contributed by atoms with E-state index in [2.05, 4.69) is 20.6 Å². The van der Waals surface area contributed by atoms with Crippen molar-refractivity contribution < 1.29 is 14.3 Å². The fourth-order valence-electron chi connectivity index (χ4n) is 2.60. The predicted molar refractivity (Wildman–Crippen MR) is 109 cm³/mol. The summed E-state index contributed by atoms with van der Waals surface area (Å²) in [5, 5.41) is 5.93. The quantitative estimate of drug-likeness (QED) is 0.671. The summed E-state index contributed by atoms with van der Waals surface area (Å²) >= 11 is 0. The highest BCUT2D eigenvalue weighted by atomic mass is 16.5. The lowest BCUT2D eigenvalue weighted by atomic mass is 10.1. The van der Waals surface area contributed by atoms with Crippen LogP contribution in [0.25, 0.3) is 0 Å². The molecular weight excluding hydrogens is 356 g/mol. The Kier molecular flexibility index (Phi) is 5.74. The molecule has 7 heteroatoms. The number of hydrogen-bond acceptors (Lipinski definition) is 6. The zero-order valence-corrected chi connectivity index (χ0v) is 16.2. The summed E-state index contributed by atoms with van der Waals surface area (Å²) in [4.78, 5) is 21.0. The van der Waals surface area contributed by atoms with Crippen LogP contribution >= 0.6 is 0 Å². The van der Waals surface area contributed by atoms with Gasteiger partial charge in [0.05, 0.1) is 14.2 Å². The standard InChI is InChI=1S/C21H22N4O3/c1-13-5-6-15(11-14(13)2)23-20(26)17-9-10-22-21(25-17)24-16-7-8-18(27-3)19(12-16)28-4/h5-12H,1-4H3,(H,23,26)(H,22,24,25). The molecule has 0 unspecified atom stereocenters. The highest BCUT2D eigenvalue weighted by Gasteiger charge is 2.11. The van der Waals surface area contributed by atoms with E-state index in [0.717, 1.165) is 11.3 Å². The van der Waals surface area contributed by atoms with Crippen molar-refractivity contribution in [2.24, 2.45) is 0 Å². The molecule has 3 aromatic rings. The average molecular weight is 378 g/mol. The fraction of sp³-hybridized carbons (Fsp3) is 0.190. The minimum absolute atomic E-state index is 0.260. The molecular formula is C21H22N4O3. The Morgan fingerprint density at radius 2 is 1.64 bits per heavy atom. The van der Waals surface area contributed by atoms with Gasteiger partial charge in [-0.25, -0.2) is 9.97 Å². The van der Waals surface area contributed by atoms with Gasteiger partial charge in [-0.3, -0.25) is 4.79 Å². The zero-order valence-electron chi connectivity index (χ0n) is 16.2. The van der Waals surface area contributed by atoms with Gasteiger partial charge in [-0.15, -0.1) is 0 Å². The summed E-state index contributed by atoms with van der Waals surface area (Å²) in [7, 11) is 3.14. The summed E-state index contributed by atoms with van der Waals surface area (Å²) in [5.74, 6) is 1.20. The molecule has 2 aromatic carbocycles. The molecule has 7 nitrogen and oxygen atoms in total. The Morgan fingerprint density at radius 3 is 2.36 bits per heavy atom. The number of hydrogen-bond donors (Lipinski definition) is 2. The van der Waals surface area contributed by atoms with E-state index in [1.165, 1.54) is 11.8 Å². The largest absolute Gasteiger partial charge is 0.493 e. The van der Waals surface area contributed by atoms with Crippen molar-refractivity contribution in [1.29, 1.82) is 0 Å². The first-order valence-corrected chi connectivity index (χ1v) is 8.71. The molecule has 0 saturated heterocycles. The van der Waals surface area contributed by atoms with E-state index in [1.807, 2.05) is 38.1 Å². The van der Waals surface area contributed by atoms with Crippen LogP contribution in [0.15, 0.2) is 48.7 Å². The SMILES string of the molecule is COc1ccc(Nc2nccc(C(=O)Nc3ccc(C)c(C)c3)n2)cc1OC. The van der Waals surface area contributed by atoms with E-state index in [9.17, 15) is 4.79 Å². The number of aromatic nitrogens is 2. The van der Waals surface area contributed by atoms with Gasteiger partial charge in [-0.05, 0) is 55.3 Å². The van der Waals surface area contributed by atoms with E-state index in [1.54, 1.807) is 32.4 Å². The summed E-state index contributed by atoms with van der Waals surface area (Å²) in [5.41, 5.74) is 3.97. The second kappa shape index (κ2) is 8.39. The molecule has 0 atom stereocenters. The van der Waals surface area contributed by atoms with E-state index in [0.29, 0.717) is 23.1 Å². The maximum atomic E-state index is 12.5. The number of nitrogens with one attached hydrogen (secondary N) is 2. The van der Waals surface area contributed by atoms with Gasteiger partial charge in [0.25, 0.3) is 5.91 Å². The Hall–Kier alpha value is -3.61. The lowest BCUT2D eigenvalue weighted by molar-refractivity contribution is 0.102. The van der Waals surface area contributed by atoms with Crippen LogP contribution in [0.5, 0.6) is 11.5 Å². The number of ether oxygens (including phenoxy) is 2. The summed E-state index contributed by atoms with van der Waals surface area (Å²) in [6.45, 7) is 4.03. The third-order valence-corrected chi connectivity index (χ3v) is 4.29. The van der Waals surface area contributed by atoms with Crippen LogP contribution in [0, 0.1) is 13.8 Å². The first-order valence-electron chi connectivity index (χ1n) is 8.71. The first-order chi connectivity index (χ1) is 13.5. The number of carbonyl (C=O) groups excluding carboxylic acids is 1. The normalized spacial score (nSPS) is 10.3.